The number of amides is 1. The number of rotatable bonds is 2. The van der Waals surface area contributed by atoms with Gasteiger partial charge in [0.05, 0.1) is 12.1 Å². The minimum atomic E-state index is -5.19. The summed E-state index contributed by atoms with van der Waals surface area (Å²) in [7, 11) is 0. The van der Waals surface area contributed by atoms with Crippen LogP contribution in [0.15, 0.2) is 34.9 Å². The van der Waals surface area contributed by atoms with E-state index in [-0.39, 0.29) is 17.9 Å². The Morgan fingerprint density at radius 2 is 1.81 bits per heavy atom. The van der Waals surface area contributed by atoms with E-state index in [1.54, 1.807) is 0 Å². The van der Waals surface area contributed by atoms with Gasteiger partial charge in [-0.25, -0.2) is 9.55 Å². The molecule has 0 unspecified atom stereocenters. The highest BCUT2D eigenvalue weighted by molar-refractivity contribution is 9.10. The lowest BCUT2D eigenvalue weighted by molar-refractivity contribution is -0.710. The molecule has 1 saturated carbocycles. The number of carboxylic acids is 1. The quantitative estimate of drug-likeness (QED) is 0.541. The van der Waals surface area contributed by atoms with Crippen LogP contribution in [0.4, 0.5) is 13.2 Å². The first kappa shape index (κ1) is 26.7. The average molecular weight is 572 g/mol. The van der Waals surface area contributed by atoms with Crippen LogP contribution in [0.2, 0.25) is 0 Å². The zero-order valence-corrected chi connectivity index (χ0v) is 21.3. The summed E-state index contributed by atoms with van der Waals surface area (Å²) in [5.74, 6) is -2.13. The van der Waals surface area contributed by atoms with Gasteiger partial charge in [-0.1, -0.05) is 43.2 Å². The fourth-order valence-corrected chi connectivity index (χ4v) is 6.48. The van der Waals surface area contributed by atoms with Crippen LogP contribution >= 0.6 is 15.9 Å². The predicted octanol–water partition coefficient (Wildman–Crippen LogP) is 2.99. The Bertz CT molecular complexity index is 1110. The number of carboxylic acid groups (broad SMARTS) is 1. The molecule has 0 spiro atoms. The van der Waals surface area contributed by atoms with Crippen LogP contribution in [0.1, 0.15) is 66.8 Å². The molecule has 7 nitrogen and oxygen atoms in total. The highest BCUT2D eigenvalue weighted by Crippen LogP contribution is 2.47. The number of carbonyl (C=O) groups is 2. The van der Waals surface area contributed by atoms with Crippen molar-refractivity contribution >= 4 is 27.8 Å². The SMILES string of the molecule is O=C([O-])C(F)(F)F.O=C(c1[nH]c(Br)c2[n+]1CCCC2)N1CC[C@](O)(c2ccccc2)[C@H]2CCCC[C@H]21. The zero-order valence-electron chi connectivity index (χ0n) is 19.7. The van der Waals surface area contributed by atoms with E-state index in [2.05, 4.69) is 30.4 Å². The zero-order chi connectivity index (χ0) is 26.1. The monoisotopic (exact) mass is 571 g/mol. The van der Waals surface area contributed by atoms with Crippen molar-refractivity contribution in [3.05, 3.63) is 52.0 Å². The lowest BCUT2D eigenvalue weighted by Gasteiger charge is -2.52. The van der Waals surface area contributed by atoms with Crippen LogP contribution in [0, 0.1) is 5.92 Å². The number of H-pyrrole nitrogens is 1. The number of hydrogen-bond donors (Lipinski definition) is 2. The number of nitrogens with zero attached hydrogens (tertiary/aromatic N) is 2. The Morgan fingerprint density at radius 1 is 1.14 bits per heavy atom. The molecule has 0 bridgehead atoms. The molecule has 1 saturated heterocycles. The van der Waals surface area contributed by atoms with Gasteiger partial charge in [0.25, 0.3) is 0 Å². The number of aliphatic carboxylic acids is 1. The molecule has 2 aromatic rings. The van der Waals surface area contributed by atoms with E-state index in [0.29, 0.717) is 18.8 Å². The van der Waals surface area contributed by atoms with Crippen LogP contribution in [0.25, 0.3) is 0 Å². The minimum Gasteiger partial charge on any atom is -0.542 e. The fraction of sp³-hybridized carbons (Fsp3) is 0.560. The van der Waals surface area contributed by atoms with E-state index in [0.717, 1.165) is 55.2 Å². The molecule has 1 aromatic carbocycles. The number of halogens is 4. The van der Waals surface area contributed by atoms with Gasteiger partial charge in [0.2, 0.25) is 4.60 Å². The molecular formula is C25H29BrF3N3O4. The number of aromatic nitrogens is 2. The Balaban J connectivity index is 0.000000384. The molecule has 3 aliphatic rings. The number of hydrogen-bond acceptors (Lipinski definition) is 4. The number of aliphatic hydroxyl groups is 1. The van der Waals surface area contributed by atoms with Crippen LogP contribution < -0.4 is 9.67 Å². The number of fused-ring (bicyclic) bond motifs is 2. The predicted molar refractivity (Wildman–Crippen MR) is 124 cm³/mol. The molecule has 2 fully saturated rings. The Morgan fingerprint density at radius 3 is 2.47 bits per heavy atom. The van der Waals surface area contributed by atoms with E-state index in [9.17, 15) is 23.1 Å². The third-order valence-electron chi connectivity index (χ3n) is 7.57. The van der Waals surface area contributed by atoms with Gasteiger partial charge in [-0.15, -0.1) is 0 Å². The van der Waals surface area contributed by atoms with Crippen LogP contribution in [0.3, 0.4) is 0 Å². The van der Waals surface area contributed by atoms with Crippen molar-refractivity contribution in [1.82, 2.24) is 9.88 Å². The Hall–Kier alpha value is -2.40. The second-order valence-electron chi connectivity index (χ2n) is 9.63. The highest BCUT2D eigenvalue weighted by atomic mass is 79.9. The number of likely N-dealkylation sites (tertiary alicyclic amines) is 1. The first-order valence-corrected chi connectivity index (χ1v) is 13.0. The normalized spacial score (nSPS) is 25.8. The van der Waals surface area contributed by atoms with E-state index in [1.807, 2.05) is 30.3 Å². The highest BCUT2D eigenvalue weighted by Gasteiger charge is 2.51. The summed E-state index contributed by atoms with van der Waals surface area (Å²) >= 11 is 3.63. The summed E-state index contributed by atoms with van der Waals surface area (Å²) in [5, 5.41) is 20.5. The minimum absolute atomic E-state index is 0.0888. The van der Waals surface area contributed by atoms with E-state index in [4.69, 9.17) is 9.90 Å². The number of piperidine rings is 1. The molecule has 0 radical (unpaired) electrons. The maximum absolute atomic E-state index is 13.7. The van der Waals surface area contributed by atoms with Crippen molar-refractivity contribution in [3.8, 4) is 0 Å². The molecule has 3 atom stereocenters. The van der Waals surface area contributed by atoms with Gasteiger partial charge < -0.3 is 19.9 Å². The first-order chi connectivity index (χ1) is 17.0. The standard InChI is InChI=1S/C23H28BrN3O2.C2HF3O2/c24-20-19-12-6-7-14-26(19)21(25-20)22(28)27-15-13-23(29,16-8-2-1-3-9-16)17-10-4-5-11-18(17)27;3-2(4,5)1(6)7/h1-3,8-9,17-18,29H,4-7,10-15H2;(H,6,7)/t17-,18+,23-;/m0./s1. The van der Waals surface area contributed by atoms with E-state index in [1.165, 1.54) is 12.1 Å². The molecule has 2 aliphatic heterocycles. The topological polar surface area (TPSA) is 100 Å². The third-order valence-corrected chi connectivity index (χ3v) is 8.22. The van der Waals surface area contributed by atoms with Crippen molar-refractivity contribution < 1.29 is 37.5 Å². The van der Waals surface area contributed by atoms with Gasteiger partial charge in [0.1, 0.15) is 5.97 Å². The second kappa shape index (κ2) is 10.5. The van der Waals surface area contributed by atoms with Crippen LogP contribution in [-0.2, 0) is 23.4 Å². The maximum atomic E-state index is 13.7. The molecule has 196 valence electrons. The van der Waals surface area contributed by atoms with Gasteiger partial charge in [0, 0.05) is 40.9 Å². The number of imidazole rings is 1. The maximum Gasteiger partial charge on any atom is 0.430 e. The molecule has 2 N–H and O–H groups in total. The third kappa shape index (κ3) is 5.18. The molecule has 11 heteroatoms. The van der Waals surface area contributed by atoms with Crippen molar-refractivity contribution in [2.45, 2.75) is 75.7 Å². The number of benzene rings is 1. The largest absolute Gasteiger partial charge is 0.542 e. The fourth-order valence-electron chi connectivity index (χ4n) is 5.88. The smallest absolute Gasteiger partial charge is 0.430 e. The van der Waals surface area contributed by atoms with E-state index >= 15 is 0 Å². The lowest BCUT2D eigenvalue weighted by atomic mass is 9.66. The molecular weight excluding hydrogens is 543 g/mol. The molecule has 1 amide bonds. The second-order valence-corrected chi connectivity index (χ2v) is 10.4. The molecule has 1 aromatic heterocycles. The summed E-state index contributed by atoms with van der Waals surface area (Å²) in [6.45, 7) is 1.49. The summed E-state index contributed by atoms with van der Waals surface area (Å²) in [4.78, 5) is 27.8. The number of carbonyl (C=O) groups excluding carboxylic acids is 2. The summed E-state index contributed by atoms with van der Waals surface area (Å²) < 4.78 is 34.7. The molecule has 5 rings (SSSR count). The van der Waals surface area contributed by atoms with Gasteiger partial charge in [-0.05, 0) is 37.7 Å². The van der Waals surface area contributed by atoms with Gasteiger partial charge in [-0.2, -0.15) is 13.2 Å². The van der Waals surface area contributed by atoms with E-state index < -0.39 is 17.7 Å². The molecule has 36 heavy (non-hydrogen) atoms. The Labute approximate surface area is 215 Å². The summed E-state index contributed by atoms with van der Waals surface area (Å²) in [6.07, 6.45) is 2.87. The van der Waals surface area contributed by atoms with Crippen molar-refractivity contribution in [3.63, 3.8) is 0 Å². The van der Waals surface area contributed by atoms with Crippen LogP contribution in [-0.4, -0.2) is 45.6 Å². The first-order valence-electron chi connectivity index (χ1n) is 12.2. The Kier molecular flexibility index (Phi) is 7.80. The van der Waals surface area contributed by atoms with Crippen molar-refractivity contribution in [1.29, 1.82) is 0 Å². The average Bonchev–Trinajstić information content (AvgIpc) is 3.21. The molecule has 3 heterocycles. The summed E-state index contributed by atoms with van der Waals surface area (Å²) in [5.41, 5.74) is 1.36. The number of aromatic amines is 1. The van der Waals surface area contributed by atoms with Crippen LogP contribution in [0.5, 0.6) is 0 Å². The lowest BCUT2D eigenvalue weighted by Crippen LogP contribution is -2.60. The molecule has 1 aliphatic carbocycles. The van der Waals surface area contributed by atoms with Gasteiger partial charge in [-0.3, -0.25) is 4.79 Å². The van der Waals surface area contributed by atoms with Crippen molar-refractivity contribution in [2.75, 3.05) is 6.54 Å². The van der Waals surface area contributed by atoms with Crippen molar-refractivity contribution in [2.24, 2.45) is 5.92 Å². The van der Waals surface area contributed by atoms with Gasteiger partial charge >= 0.3 is 17.9 Å². The van der Waals surface area contributed by atoms with Gasteiger partial charge in [0.15, 0.2) is 5.69 Å². The number of nitrogens with one attached hydrogen (secondary N) is 1. The summed E-state index contributed by atoms with van der Waals surface area (Å²) in [6, 6.07) is 10.2. The number of alkyl halides is 3.